The molecule has 2 heterocycles. The van der Waals surface area contributed by atoms with Crippen LogP contribution in [0.2, 0.25) is 0 Å². The normalized spacial score (nSPS) is 19.3. The van der Waals surface area contributed by atoms with E-state index in [2.05, 4.69) is 5.32 Å². The summed E-state index contributed by atoms with van der Waals surface area (Å²) >= 11 is 0. The van der Waals surface area contributed by atoms with Gasteiger partial charge in [-0.25, -0.2) is 4.39 Å². The number of piperidine rings is 1. The third-order valence-corrected chi connectivity index (χ3v) is 6.29. The summed E-state index contributed by atoms with van der Waals surface area (Å²) in [5.74, 6) is 0.0133. The number of amides is 2. The lowest BCUT2D eigenvalue weighted by Gasteiger charge is -2.33. The average molecular weight is 398 g/mol. The summed E-state index contributed by atoms with van der Waals surface area (Å²) in [6.07, 6.45) is 6.96. The molecule has 1 saturated heterocycles. The Hall–Kier alpha value is -2.63. The predicted molar refractivity (Wildman–Crippen MR) is 107 cm³/mol. The molecule has 1 aromatic carbocycles. The van der Waals surface area contributed by atoms with E-state index in [0.29, 0.717) is 37.3 Å². The molecule has 1 aromatic heterocycles. The molecule has 1 aliphatic heterocycles. The second kappa shape index (κ2) is 8.80. The number of nitrogens with zero attached hydrogens (tertiary/aromatic N) is 1. The molecule has 0 radical (unpaired) electrons. The predicted octanol–water partition coefficient (Wildman–Crippen LogP) is 4.32. The molecule has 1 aliphatic carbocycles. The number of benzene rings is 1. The summed E-state index contributed by atoms with van der Waals surface area (Å²) < 4.78 is 19.6. The van der Waals surface area contributed by atoms with Crippen LogP contribution in [-0.4, -0.2) is 29.8 Å². The molecule has 1 N–H and O–H groups in total. The third kappa shape index (κ3) is 4.36. The fraction of sp³-hybridized carbons (Fsp3) is 0.478. The maximum absolute atomic E-state index is 14.5. The first-order valence-electron chi connectivity index (χ1n) is 10.5. The van der Waals surface area contributed by atoms with Crippen LogP contribution in [0.5, 0.6) is 0 Å². The van der Waals surface area contributed by atoms with Crippen LogP contribution in [-0.2, 0) is 4.79 Å². The van der Waals surface area contributed by atoms with Crippen molar-refractivity contribution in [3.05, 3.63) is 59.8 Å². The first kappa shape index (κ1) is 19.7. The fourth-order valence-corrected chi connectivity index (χ4v) is 4.64. The zero-order chi connectivity index (χ0) is 20.2. The van der Waals surface area contributed by atoms with E-state index in [0.717, 1.165) is 25.7 Å². The lowest BCUT2D eigenvalue weighted by Crippen LogP contribution is -2.44. The maximum Gasteiger partial charge on any atom is 0.289 e. The third-order valence-electron chi connectivity index (χ3n) is 6.29. The van der Waals surface area contributed by atoms with Crippen molar-refractivity contribution < 1.29 is 18.4 Å². The van der Waals surface area contributed by atoms with Gasteiger partial charge in [0.1, 0.15) is 5.82 Å². The van der Waals surface area contributed by atoms with Crippen molar-refractivity contribution in [3.63, 3.8) is 0 Å². The second-order valence-corrected chi connectivity index (χ2v) is 8.10. The van der Waals surface area contributed by atoms with E-state index in [1.54, 1.807) is 29.2 Å². The molecular formula is C23H27FN2O3. The Bertz CT molecular complexity index is 838. The summed E-state index contributed by atoms with van der Waals surface area (Å²) in [6.45, 7) is 1.04. The number of nitrogens with one attached hydrogen (secondary N) is 1. The van der Waals surface area contributed by atoms with Gasteiger partial charge < -0.3 is 14.6 Å². The van der Waals surface area contributed by atoms with E-state index >= 15 is 0 Å². The summed E-state index contributed by atoms with van der Waals surface area (Å²) in [7, 11) is 0. The van der Waals surface area contributed by atoms with E-state index in [9.17, 15) is 14.0 Å². The quantitative estimate of drug-likeness (QED) is 0.816. The number of carbonyl (C=O) groups is 2. The van der Waals surface area contributed by atoms with Gasteiger partial charge in [-0.3, -0.25) is 9.59 Å². The molecule has 2 aromatic rings. The van der Waals surface area contributed by atoms with Crippen LogP contribution in [0.3, 0.4) is 0 Å². The Kier molecular flexibility index (Phi) is 5.97. The van der Waals surface area contributed by atoms with Crippen molar-refractivity contribution >= 4 is 11.8 Å². The van der Waals surface area contributed by atoms with Crippen LogP contribution in [0.1, 0.15) is 60.7 Å². The van der Waals surface area contributed by atoms with Crippen LogP contribution in [0.25, 0.3) is 0 Å². The Morgan fingerprint density at radius 2 is 1.76 bits per heavy atom. The second-order valence-electron chi connectivity index (χ2n) is 8.10. The number of hydrogen-bond donors (Lipinski definition) is 1. The number of carbonyl (C=O) groups excluding carboxylic acids is 2. The zero-order valence-electron chi connectivity index (χ0n) is 16.5. The number of halogens is 1. The Labute approximate surface area is 170 Å². The van der Waals surface area contributed by atoms with Gasteiger partial charge in [-0.05, 0) is 49.8 Å². The Balaban J connectivity index is 1.39. The van der Waals surface area contributed by atoms with Crippen LogP contribution in [0, 0.1) is 17.7 Å². The van der Waals surface area contributed by atoms with Crippen molar-refractivity contribution in [3.8, 4) is 0 Å². The molecule has 2 aliphatic rings. The number of hydrogen-bond acceptors (Lipinski definition) is 3. The number of rotatable bonds is 5. The molecular weight excluding hydrogens is 371 g/mol. The van der Waals surface area contributed by atoms with E-state index in [1.165, 1.54) is 12.3 Å². The standard InChI is InChI=1S/C23H27FN2O3/c24-19-9-4-3-8-18(19)21(16-6-1-2-7-16)25-22(27)17-11-13-26(14-12-17)23(28)20-10-5-15-29-20/h3-5,8-10,15-17,21H,1-2,6-7,11-14H2,(H,25,27)/t21-/m0/s1. The summed E-state index contributed by atoms with van der Waals surface area (Å²) in [6, 6.07) is 9.81. The molecule has 1 atom stereocenters. The van der Waals surface area contributed by atoms with Crippen molar-refractivity contribution in [1.29, 1.82) is 0 Å². The minimum absolute atomic E-state index is 0.0322. The molecule has 0 unspecified atom stereocenters. The minimum atomic E-state index is -0.283. The van der Waals surface area contributed by atoms with Crippen LogP contribution < -0.4 is 5.32 Å². The highest BCUT2D eigenvalue weighted by molar-refractivity contribution is 5.91. The number of likely N-dealkylation sites (tertiary alicyclic amines) is 1. The van der Waals surface area contributed by atoms with Gasteiger partial charge in [0.15, 0.2) is 5.76 Å². The number of furan rings is 1. The highest BCUT2D eigenvalue weighted by Gasteiger charge is 2.33. The molecule has 5 nitrogen and oxygen atoms in total. The largest absolute Gasteiger partial charge is 0.459 e. The van der Waals surface area contributed by atoms with Gasteiger partial charge in [0, 0.05) is 24.6 Å². The van der Waals surface area contributed by atoms with E-state index in [-0.39, 0.29) is 35.5 Å². The zero-order valence-corrected chi connectivity index (χ0v) is 16.5. The van der Waals surface area contributed by atoms with E-state index < -0.39 is 0 Å². The molecule has 0 bridgehead atoms. The maximum atomic E-state index is 14.5. The first-order chi connectivity index (χ1) is 14.1. The highest BCUT2D eigenvalue weighted by atomic mass is 19.1. The average Bonchev–Trinajstić information content (AvgIpc) is 3.46. The van der Waals surface area contributed by atoms with Gasteiger partial charge in [-0.1, -0.05) is 31.0 Å². The Morgan fingerprint density at radius 1 is 1.03 bits per heavy atom. The minimum Gasteiger partial charge on any atom is -0.459 e. The van der Waals surface area contributed by atoms with Crippen LogP contribution in [0.15, 0.2) is 47.1 Å². The van der Waals surface area contributed by atoms with Gasteiger partial charge >= 0.3 is 0 Å². The molecule has 154 valence electrons. The van der Waals surface area contributed by atoms with Gasteiger partial charge in [0.2, 0.25) is 5.91 Å². The van der Waals surface area contributed by atoms with Gasteiger partial charge in [-0.15, -0.1) is 0 Å². The lowest BCUT2D eigenvalue weighted by molar-refractivity contribution is -0.127. The van der Waals surface area contributed by atoms with Gasteiger partial charge in [0.25, 0.3) is 5.91 Å². The molecule has 2 fully saturated rings. The van der Waals surface area contributed by atoms with E-state index in [4.69, 9.17) is 4.42 Å². The van der Waals surface area contributed by atoms with Crippen LogP contribution >= 0.6 is 0 Å². The smallest absolute Gasteiger partial charge is 0.289 e. The molecule has 4 rings (SSSR count). The highest BCUT2D eigenvalue weighted by Crippen LogP contribution is 2.37. The SMILES string of the molecule is O=C(N[C@H](c1ccccc1F)C1CCCC1)C1CCN(C(=O)c2ccco2)CC1. The fourth-order valence-electron chi connectivity index (χ4n) is 4.64. The molecule has 1 saturated carbocycles. The van der Waals surface area contributed by atoms with Crippen molar-refractivity contribution in [1.82, 2.24) is 10.2 Å². The summed E-state index contributed by atoms with van der Waals surface area (Å²) in [5.41, 5.74) is 0.582. The van der Waals surface area contributed by atoms with Crippen LogP contribution in [0.4, 0.5) is 4.39 Å². The monoisotopic (exact) mass is 398 g/mol. The van der Waals surface area contributed by atoms with Crippen molar-refractivity contribution in [2.75, 3.05) is 13.1 Å². The first-order valence-corrected chi connectivity index (χ1v) is 10.5. The lowest BCUT2D eigenvalue weighted by atomic mass is 9.89. The molecule has 0 spiro atoms. The Morgan fingerprint density at radius 3 is 2.41 bits per heavy atom. The molecule has 6 heteroatoms. The van der Waals surface area contributed by atoms with Crippen molar-refractivity contribution in [2.45, 2.75) is 44.6 Å². The summed E-state index contributed by atoms with van der Waals surface area (Å²) in [5, 5.41) is 3.16. The van der Waals surface area contributed by atoms with E-state index in [1.807, 2.05) is 6.07 Å². The van der Waals surface area contributed by atoms with Gasteiger partial charge in [-0.2, -0.15) is 0 Å². The molecule has 29 heavy (non-hydrogen) atoms. The van der Waals surface area contributed by atoms with Gasteiger partial charge in [0.05, 0.1) is 12.3 Å². The summed E-state index contributed by atoms with van der Waals surface area (Å²) in [4.78, 5) is 27.1. The van der Waals surface area contributed by atoms with Crippen molar-refractivity contribution in [2.24, 2.45) is 11.8 Å². The molecule has 2 amide bonds. The topological polar surface area (TPSA) is 62.6 Å².